The first-order valence-electron chi connectivity index (χ1n) is 8.20. The largest absolute Gasteiger partial charge is 0.352 e. The van der Waals surface area contributed by atoms with Crippen LogP contribution in [0.5, 0.6) is 0 Å². The molecular weight excluding hydrogens is 312 g/mol. The molecule has 6 heteroatoms. The average molecular weight is 338 g/mol. The smallest absolute Gasteiger partial charge is 0.240 e. The van der Waals surface area contributed by atoms with Gasteiger partial charge < -0.3 is 5.32 Å². The molecule has 1 aliphatic rings. The number of sulfonamides is 1. The number of carbonyl (C=O) groups is 1. The number of nitrogens with zero attached hydrogens (tertiary/aromatic N) is 1. The first kappa shape index (κ1) is 17.8. The Bertz CT molecular complexity index is 635. The third-order valence-corrected chi connectivity index (χ3v) is 5.34. The molecule has 0 unspecified atom stereocenters. The highest BCUT2D eigenvalue weighted by atomic mass is 32.2. The second-order valence-corrected chi connectivity index (χ2v) is 8.27. The molecule has 0 heterocycles. The minimum Gasteiger partial charge on any atom is -0.352 e. The fourth-order valence-electron chi connectivity index (χ4n) is 3.01. The van der Waals surface area contributed by atoms with Crippen LogP contribution in [0, 0.1) is 6.92 Å². The highest BCUT2D eigenvalue weighted by Gasteiger charge is 2.22. The number of benzene rings is 1. The Kier molecular flexibility index (Phi) is 6.04. The molecule has 1 aliphatic carbocycles. The molecule has 0 spiro atoms. The Morgan fingerprint density at radius 1 is 1.22 bits per heavy atom. The van der Waals surface area contributed by atoms with Gasteiger partial charge in [-0.15, -0.1) is 0 Å². The van der Waals surface area contributed by atoms with Crippen molar-refractivity contribution in [3.8, 4) is 0 Å². The summed E-state index contributed by atoms with van der Waals surface area (Å²) in [6.07, 6.45) is 7.77. The molecule has 0 radical (unpaired) electrons. The molecule has 0 bridgehead atoms. The van der Waals surface area contributed by atoms with E-state index in [4.69, 9.17) is 0 Å². The van der Waals surface area contributed by atoms with Crippen molar-refractivity contribution in [2.24, 2.45) is 0 Å². The number of rotatable bonds is 5. The third-order valence-electron chi connectivity index (χ3n) is 4.20. The van der Waals surface area contributed by atoms with Gasteiger partial charge in [-0.3, -0.25) is 9.10 Å². The summed E-state index contributed by atoms with van der Waals surface area (Å²) in [5.74, 6) is -0.233. The van der Waals surface area contributed by atoms with Crippen molar-refractivity contribution in [3.05, 3.63) is 29.8 Å². The summed E-state index contributed by atoms with van der Waals surface area (Å²) in [5.41, 5.74) is 1.49. The lowest BCUT2D eigenvalue weighted by Crippen LogP contribution is -2.44. The van der Waals surface area contributed by atoms with Crippen molar-refractivity contribution in [1.29, 1.82) is 0 Å². The number of anilines is 1. The summed E-state index contributed by atoms with van der Waals surface area (Å²) in [7, 11) is -3.51. The quantitative estimate of drug-likeness (QED) is 0.839. The Hall–Kier alpha value is -1.56. The van der Waals surface area contributed by atoms with Crippen LogP contribution in [0.15, 0.2) is 24.3 Å². The van der Waals surface area contributed by atoms with Crippen molar-refractivity contribution in [2.75, 3.05) is 17.1 Å². The van der Waals surface area contributed by atoms with E-state index < -0.39 is 10.0 Å². The normalized spacial score (nSPS) is 16.6. The van der Waals surface area contributed by atoms with Crippen LogP contribution in [-0.4, -0.2) is 33.2 Å². The maximum absolute atomic E-state index is 12.3. The van der Waals surface area contributed by atoms with Crippen LogP contribution in [0.2, 0.25) is 0 Å². The number of carbonyl (C=O) groups excluding carboxylic acids is 1. The SMILES string of the molecule is Cc1cccc(N(CC(=O)NC2CCCCCC2)S(C)(=O)=O)c1. The molecule has 23 heavy (non-hydrogen) atoms. The van der Waals surface area contributed by atoms with Gasteiger partial charge in [0.2, 0.25) is 15.9 Å². The third kappa shape index (κ3) is 5.53. The minimum atomic E-state index is -3.51. The second kappa shape index (κ2) is 7.81. The standard InChI is InChI=1S/C17H26N2O3S/c1-14-8-7-11-16(12-14)19(23(2,21)22)13-17(20)18-15-9-5-3-4-6-10-15/h7-8,11-12,15H,3-6,9-10,13H2,1-2H3,(H,18,20). The Balaban J connectivity index is 2.07. The van der Waals surface area contributed by atoms with Crippen LogP contribution >= 0.6 is 0 Å². The van der Waals surface area contributed by atoms with Crippen LogP contribution in [0.1, 0.15) is 44.1 Å². The van der Waals surface area contributed by atoms with Gasteiger partial charge in [0.05, 0.1) is 11.9 Å². The van der Waals surface area contributed by atoms with E-state index in [0.717, 1.165) is 37.5 Å². The molecule has 0 atom stereocenters. The van der Waals surface area contributed by atoms with Gasteiger partial charge in [0.15, 0.2) is 0 Å². The fourth-order valence-corrected chi connectivity index (χ4v) is 3.86. The lowest BCUT2D eigenvalue weighted by Gasteiger charge is -2.24. The van der Waals surface area contributed by atoms with E-state index in [1.54, 1.807) is 18.2 Å². The molecule has 1 aromatic carbocycles. The van der Waals surface area contributed by atoms with E-state index in [0.29, 0.717) is 5.69 Å². The first-order chi connectivity index (χ1) is 10.9. The van der Waals surface area contributed by atoms with E-state index in [1.807, 2.05) is 13.0 Å². The zero-order chi connectivity index (χ0) is 16.9. The van der Waals surface area contributed by atoms with Gasteiger partial charge in [-0.2, -0.15) is 0 Å². The molecule has 128 valence electrons. The van der Waals surface area contributed by atoms with Gasteiger partial charge in [0, 0.05) is 6.04 Å². The summed E-state index contributed by atoms with van der Waals surface area (Å²) in [4.78, 5) is 12.3. The van der Waals surface area contributed by atoms with Crippen LogP contribution in [0.4, 0.5) is 5.69 Å². The predicted octanol–water partition coefficient (Wildman–Crippen LogP) is 2.60. The van der Waals surface area contributed by atoms with Crippen LogP contribution in [-0.2, 0) is 14.8 Å². The van der Waals surface area contributed by atoms with Crippen molar-refractivity contribution in [1.82, 2.24) is 5.32 Å². The van der Waals surface area contributed by atoms with E-state index in [-0.39, 0.29) is 18.5 Å². The summed E-state index contributed by atoms with van der Waals surface area (Å²) in [6, 6.07) is 7.36. The summed E-state index contributed by atoms with van der Waals surface area (Å²) in [6.45, 7) is 1.73. The summed E-state index contributed by atoms with van der Waals surface area (Å²) < 4.78 is 25.3. The average Bonchev–Trinajstić information content (AvgIpc) is 2.72. The van der Waals surface area contributed by atoms with Gasteiger partial charge in [0.25, 0.3) is 0 Å². The molecule has 5 nitrogen and oxygen atoms in total. The van der Waals surface area contributed by atoms with Crippen LogP contribution in [0.3, 0.4) is 0 Å². The molecule has 1 fully saturated rings. The van der Waals surface area contributed by atoms with Gasteiger partial charge in [-0.25, -0.2) is 8.42 Å². The number of nitrogens with one attached hydrogen (secondary N) is 1. The number of aryl methyl sites for hydroxylation is 1. The predicted molar refractivity (Wildman–Crippen MR) is 93.0 cm³/mol. The van der Waals surface area contributed by atoms with Gasteiger partial charge >= 0.3 is 0 Å². The highest BCUT2D eigenvalue weighted by molar-refractivity contribution is 7.92. The van der Waals surface area contributed by atoms with Crippen molar-refractivity contribution in [3.63, 3.8) is 0 Å². The van der Waals surface area contributed by atoms with E-state index in [1.165, 1.54) is 17.1 Å². The zero-order valence-electron chi connectivity index (χ0n) is 13.9. The molecule has 1 N–H and O–H groups in total. The Morgan fingerprint density at radius 3 is 2.43 bits per heavy atom. The summed E-state index contributed by atoms with van der Waals surface area (Å²) in [5, 5.41) is 3.00. The first-order valence-corrected chi connectivity index (χ1v) is 10.0. The Labute approximate surface area is 139 Å². The van der Waals surface area contributed by atoms with E-state index >= 15 is 0 Å². The highest BCUT2D eigenvalue weighted by Crippen LogP contribution is 2.20. The molecule has 1 saturated carbocycles. The van der Waals surface area contributed by atoms with Gasteiger partial charge in [-0.05, 0) is 37.5 Å². The number of hydrogen-bond donors (Lipinski definition) is 1. The maximum atomic E-state index is 12.3. The molecule has 0 saturated heterocycles. The van der Waals surface area contributed by atoms with E-state index in [2.05, 4.69) is 5.32 Å². The van der Waals surface area contributed by atoms with Crippen LogP contribution in [0.25, 0.3) is 0 Å². The van der Waals surface area contributed by atoms with Gasteiger partial charge in [0.1, 0.15) is 6.54 Å². The van der Waals surface area contributed by atoms with Crippen molar-refractivity contribution < 1.29 is 13.2 Å². The van der Waals surface area contributed by atoms with Crippen molar-refractivity contribution >= 4 is 21.6 Å². The number of hydrogen-bond acceptors (Lipinski definition) is 3. The minimum absolute atomic E-state index is 0.168. The van der Waals surface area contributed by atoms with Crippen molar-refractivity contribution in [2.45, 2.75) is 51.5 Å². The monoisotopic (exact) mass is 338 g/mol. The molecule has 1 amide bonds. The number of amides is 1. The summed E-state index contributed by atoms with van der Waals surface area (Å²) >= 11 is 0. The molecule has 0 aromatic heterocycles. The second-order valence-electron chi connectivity index (χ2n) is 6.36. The fraction of sp³-hybridized carbons (Fsp3) is 0.588. The lowest BCUT2D eigenvalue weighted by molar-refractivity contribution is -0.120. The molecule has 1 aromatic rings. The Morgan fingerprint density at radius 2 is 1.87 bits per heavy atom. The van der Waals surface area contributed by atoms with Crippen LogP contribution < -0.4 is 9.62 Å². The van der Waals surface area contributed by atoms with Gasteiger partial charge in [-0.1, -0.05) is 37.8 Å². The zero-order valence-corrected chi connectivity index (χ0v) is 14.7. The lowest BCUT2D eigenvalue weighted by atomic mass is 10.1. The van der Waals surface area contributed by atoms with E-state index in [9.17, 15) is 13.2 Å². The maximum Gasteiger partial charge on any atom is 0.240 e. The molecular formula is C17H26N2O3S. The molecule has 0 aliphatic heterocycles. The topological polar surface area (TPSA) is 66.5 Å². The molecule has 2 rings (SSSR count).